The molecule has 0 unspecified atom stereocenters. The van der Waals surface area contributed by atoms with Crippen LogP contribution >= 0.6 is 11.6 Å². The lowest BCUT2D eigenvalue weighted by atomic mass is 9.99. The number of primary amides is 1. The summed E-state index contributed by atoms with van der Waals surface area (Å²) in [4.78, 5) is 29.3. The maximum Gasteiger partial charge on any atom is 0.271 e. The Morgan fingerprint density at radius 2 is 2.00 bits per heavy atom. The minimum atomic E-state index is -0.783. The number of alkyl halides is 1. The average molecular weight is 521 g/mol. The van der Waals surface area contributed by atoms with Crippen LogP contribution in [0.1, 0.15) is 40.2 Å². The number of halogens is 2. The van der Waals surface area contributed by atoms with Crippen LogP contribution in [0, 0.1) is 13.8 Å². The molecule has 5 aromatic rings. The van der Waals surface area contributed by atoms with Crippen LogP contribution in [-0.4, -0.2) is 20.7 Å². The van der Waals surface area contributed by atoms with E-state index in [-0.39, 0.29) is 22.0 Å². The number of pyridine rings is 1. The van der Waals surface area contributed by atoms with Crippen molar-refractivity contribution in [2.24, 2.45) is 5.73 Å². The van der Waals surface area contributed by atoms with Gasteiger partial charge in [0.1, 0.15) is 22.6 Å². The Morgan fingerprint density at radius 1 is 1.22 bits per heavy atom. The number of rotatable bonds is 6. The van der Waals surface area contributed by atoms with E-state index < -0.39 is 18.8 Å². The van der Waals surface area contributed by atoms with Crippen LogP contribution in [0.5, 0.6) is 5.75 Å². The third-order valence-corrected chi connectivity index (χ3v) is 6.34. The van der Waals surface area contributed by atoms with Crippen molar-refractivity contribution in [2.75, 3.05) is 0 Å². The topological polar surface area (TPSA) is 113 Å². The lowest BCUT2D eigenvalue weighted by Gasteiger charge is -2.19. The highest BCUT2D eigenvalue weighted by atomic mass is 35.5. The van der Waals surface area contributed by atoms with Crippen molar-refractivity contribution in [1.29, 1.82) is 0 Å². The Hall–Kier alpha value is -4.24. The first-order valence-corrected chi connectivity index (χ1v) is 11.8. The van der Waals surface area contributed by atoms with Crippen molar-refractivity contribution >= 4 is 39.4 Å². The van der Waals surface area contributed by atoms with E-state index in [0.717, 1.165) is 5.56 Å². The van der Waals surface area contributed by atoms with E-state index in [1.54, 1.807) is 44.3 Å². The number of ether oxygens (including phenoxy) is 1. The molecule has 0 aliphatic carbocycles. The highest BCUT2D eigenvalue weighted by Gasteiger charge is 2.22. The summed E-state index contributed by atoms with van der Waals surface area (Å²) >= 11 is 5.92. The fourth-order valence-corrected chi connectivity index (χ4v) is 4.52. The summed E-state index contributed by atoms with van der Waals surface area (Å²) in [6, 6.07) is 12.0. The van der Waals surface area contributed by atoms with Crippen molar-refractivity contribution in [3.63, 3.8) is 0 Å². The van der Waals surface area contributed by atoms with Gasteiger partial charge in [-0.25, -0.2) is 14.1 Å². The number of carbonyl (C=O) groups excluding carboxylic acids is 1. The van der Waals surface area contributed by atoms with Crippen molar-refractivity contribution < 1.29 is 18.3 Å². The zero-order valence-corrected chi connectivity index (χ0v) is 21.0. The van der Waals surface area contributed by atoms with Gasteiger partial charge >= 0.3 is 0 Å². The summed E-state index contributed by atoms with van der Waals surface area (Å²) in [5, 5.41) is 5.38. The highest BCUT2D eigenvalue weighted by Crippen LogP contribution is 2.34. The third-order valence-electron chi connectivity index (χ3n) is 6.13. The number of benzene rings is 2. The average Bonchev–Trinajstić information content (AvgIpc) is 3.29. The predicted molar refractivity (Wildman–Crippen MR) is 139 cm³/mol. The molecule has 0 bridgehead atoms. The first-order chi connectivity index (χ1) is 17.7. The predicted octanol–water partition coefficient (Wildman–Crippen LogP) is 5.64. The molecule has 0 aliphatic heterocycles. The molecular weight excluding hydrogens is 499 g/mol. The van der Waals surface area contributed by atoms with Gasteiger partial charge in [-0.05, 0) is 68.8 Å². The molecule has 0 saturated carbocycles. The summed E-state index contributed by atoms with van der Waals surface area (Å²) in [6.07, 6.45) is 0.946. The van der Waals surface area contributed by atoms with Crippen LogP contribution in [0.15, 0.2) is 57.9 Å². The fourth-order valence-electron chi connectivity index (χ4n) is 4.37. The number of hydrogen-bond donors (Lipinski definition) is 1. The Balaban J connectivity index is 1.66. The number of hydrogen-bond acceptors (Lipinski definition) is 6. The Morgan fingerprint density at radius 3 is 2.73 bits per heavy atom. The van der Waals surface area contributed by atoms with Crippen LogP contribution in [0.4, 0.5) is 4.39 Å². The summed E-state index contributed by atoms with van der Waals surface area (Å²) in [5.41, 5.74) is 8.68. The van der Waals surface area contributed by atoms with Crippen LogP contribution in [0.25, 0.3) is 33.2 Å². The number of fused-ring (bicyclic) bond motifs is 2. The van der Waals surface area contributed by atoms with Crippen LogP contribution in [0.2, 0.25) is 5.15 Å². The molecule has 10 heteroatoms. The van der Waals surface area contributed by atoms with Crippen molar-refractivity contribution in [1.82, 2.24) is 14.8 Å². The number of amides is 1. The highest BCUT2D eigenvalue weighted by molar-refractivity contribution is 6.29. The second kappa shape index (κ2) is 9.33. The van der Waals surface area contributed by atoms with Crippen LogP contribution in [0.3, 0.4) is 0 Å². The van der Waals surface area contributed by atoms with Gasteiger partial charge in [-0.2, -0.15) is 5.10 Å². The van der Waals surface area contributed by atoms with Gasteiger partial charge in [0.2, 0.25) is 0 Å². The maximum absolute atomic E-state index is 13.4. The zero-order valence-electron chi connectivity index (χ0n) is 20.2. The third kappa shape index (κ3) is 4.42. The lowest BCUT2D eigenvalue weighted by molar-refractivity contribution is 0.0988. The minimum Gasteiger partial charge on any atom is -0.483 e. The van der Waals surface area contributed by atoms with Gasteiger partial charge in [0.05, 0.1) is 10.9 Å². The minimum absolute atomic E-state index is 0.101. The molecule has 0 spiro atoms. The van der Waals surface area contributed by atoms with E-state index in [2.05, 4.69) is 10.1 Å². The number of nitrogens with two attached hydrogens (primary N) is 1. The van der Waals surface area contributed by atoms with E-state index in [0.29, 0.717) is 44.3 Å². The summed E-state index contributed by atoms with van der Waals surface area (Å²) < 4.78 is 26.7. The van der Waals surface area contributed by atoms with Crippen molar-refractivity contribution in [3.05, 3.63) is 86.4 Å². The van der Waals surface area contributed by atoms with E-state index in [9.17, 15) is 14.0 Å². The molecule has 2 N–H and O–H groups in total. The van der Waals surface area contributed by atoms with Gasteiger partial charge in [0, 0.05) is 28.3 Å². The lowest BCUT2D eigenvalue weighted by Crippen LogP contribution is -2.17. The van der Waals surface area contributed by atoms with Crippen LogP contribution in [-0.2, 0) is 6.80 Å². The quantitative estimate of drug-likeness (QED) is 0.290. The molecule has 2 aromatic carbocycles. The van der Waals surface area contributed by atoms with Gasteiger partial charge in [-0.1, -0.05) is 11.6 Å². The molecule has 0 aliphatic rings. The molecule has 1 atom stereocenters. The Kier molecular flexibility index (Phi) is 6.16. The molecule has 1 amide bonds. The Bertz CT molecular complexity index is 1760. The van der Waals surface area contributed by atoms with Gasteiger partial charge < -0.3 is 14.9 Å². The van der Waals surface area contributed by atoms with E-state index in [4.69, 9.17) is 26.5 Å². The maximum atomic E-state index is 13.4. The summed E-state index contributed by atoms with van der Waals surface area (Å²) in [5.74, 6) is -0.241. The van der Waals surface area contributed by atoms with E-state index in [1.165, 1.54) is 16.8 Å². The zero-order chi connectivity index (χ0) is 26.4. The van der Waals surface area contributed by atoms with Gasteiger partial charge in [-0.15, -0.1) is 0 Å². The molecule has 0 radical (unpaired) electrons. The molecule has 188 valence electrons. The molecule has 3 heterocycles. The number of carbonyl (C=O) groups is 1. The molecule has 37 heavy (non-hydrogen) atoms. The van der Waals surface area contributed by atoms with E-state index in [1.807, 2.05) is 13.0 Å². The summed E-state index contributed by atoms with van der Waals surface area (Å²) in [6.45, 7) is 4.60. The molecule has 0 fully saturated rings. The number of aromatic nitrogens is 3. The number of nitrogens with zero attached hydrogens (tertiary/aromatic N) is 3. The molecule has 5 rings (SSSR count). The largest absolute Gasteiger partial charge is 0.483 e. The molecule has 3 aromatic heterocycles. The van der Waals surface area contributed by atoms with Crippen LogP contribution < -0.4 is 15.9 Å². The monoisotopic (exact) mass is 520 g/mol. The fraction of sp³-hybridized carbons (Fsp3) is 0.185. The van der Waals surface area contributed by atoms with E-state index >= 15 is 0 Å². The first-order valence-electron chi connectivity index (χ1n) is 11.4. The molecule has 8 nitrogen and oxygen atoms in total. The first kappa shape index (κ1) is 24.5. The van der Waals surface area contributed by atoms with Crippen molar-refractivity contribution in [3.8, 4) is 17.1 Å². The SMILES string of the molecule is Cc1cc([C@@H](C)Oc2ccc(Cl)nc2C(N)=O)c2oc(-c3ccc4nn(CF)cc4c3)c(C)c(=O)c2c1. The Labute approximate surface area is 215 Å². The smallest absolute Gasteiger partial charge is 0.271 e. The molecular formula is C27H22ClFN4O4. The van der Waals surface area contributed by atoms with Gasteiger partial charge in [-0.3, -0.25) is 9.59 Å². The second-order valence-corrected chi connectivity index (χ2v) is 9.17. The normalized spacial score (nSPS) is 12.2. The molecule has 0 saturated heterocycles. The number of aryl methyl sites for hydroxylation is 1. The second-order valence-electron chi connectivity index (χ2n) is 8.78. The standard InChI is InChI=1S/C27H22ClFN4O4/c1-13-8-18(15(3)36-21-6-7-22(28)31-23(21)27(30)35)26-19(9-13)24(34)14(2)25(37-26)16-4-5-20-17(10-16)11-33(12-29)32-20/h4-11,15H,12H2,1-3H3,(H2,30,35)/t15-/m1/s1. The van der Waals surface area contributed by atoms with Gasteiger partial charge in [0.25, 0.3) is 5.91 Å². The summed E-state index contributed by atoms with van der Waals surface area (Å²) in [7, 11) is 0. The van der Waals surface area contributed by atoms with Gasteiger partial charge in [0.15, 0.2) is 23.7 Å². The van der Waals surface area contributed by atoms with Crippen molar-refractivity contribution in [2.45, 2.75) is 33.7 Å².